The molecule has 0 atom stereocenters. The normalized spacial score (nSPS) is 10.5. The fourth-order valence-corrected chi connectivity index (χ4v) is 1.64. The van der Waals surface area contributed by atoms with Crippen molar-refractivity contribution in [2.75, 3.05) is 13.2 Å². The number of nitrogens with one attached hydrogen (secondary N) is 1. The fourth-order valence-electron chi connectivity index (χ4n) is 1.64. The Labute approximate surface area is 99.3 Å². The van der Waals surface area contributed by atoms with E-state index in [0.29, 0.717) is 5.56 Å². The van der Waals surface area contributed by atoms with Crippen LogP contribution >= 0.6 is 0 Å². The van der Waals surface area contributed by atoms with Crippen molar-refractivity contribution in [1.82, 2.24) is 10.3 Å². The maximum atomic E-state index is 11.7. The lowest BCUT2D eigenvalue weighted by molar-refractivity contribution is 0.0945. The van der Waals surface area contributed by atoms with Crippen LogP contribution in [-0.4, -0.2) is 29.1 Å². The molecule has 0 bridgehead atoms. The van der Waals surface area contributed by atoms with Crippen molar-refractivity contribution in [2.24, 2.45) is 0 Å². The standard InChI is InChI=1S/C13H14N2O2/c1-9-2-3-10-8-11(4-5-12(10)15-9)13(17)14-6-7-16/h2-5,8,16H,6-7H2,1H3,(H,14,17). The van der Waals surface area contributed by atoms with Gasteiger partial charge in [-0.2, -0.15) is 0 Å². The molecule has 2 rings (SSSR count). The average molecular weight is 230 g/mol. The quantitative estimate of drug-likeness (QED) is 0.834. The van der Waals surface area contributed by atoms with Crippen molar-refractivity contribution in [1.29, 1.82) is 0 Å². The van der Waals surface area contributed by atoms with E-state index in [2.05, 4.69) is 10.3 Å². The first-order valence-corrected chi connectivity index (χ1v) is 5.47. The molecule has 4 heteroatoms. The molecule has 0 fully saturated rings. The number of aromatic nitrogens is 1. The Hall–Kier alpha value is -1.94. The van der Waals surface area contributed by atoms with Crippen molar-refractivity contribution < 1.29 is 9.90 Å². The van der Waals surface area contributed by atoms with E-state index >= 15 is 0 Å². The Kier molecular flexibility index (Phi) is 3.35. The lowest BCUT2D eigenvalue weighted by Gasteiger charge is -2.04. The minimum absolute atomic E-state index is 0.0555. The summed E-state index contributed by atoms with van der Waals surface area (Å²) >= 11 is 0. The van der Waals surface area contributed by atoms with Crippen LogP contribution in [0.1, 0.15) is 16.1 Å². The molecule has 1 aromatic heterocycles. The van der Waals surface area contributed by atoms with Crippen LogP contribution in [0.4, 0.5) is 0 Å². The molecule has 4 nitrogen and oxygen atoms in total. The highest BCUT2D eigenvalue weighted by atomic mass is 16.3. The van der Waals surface area contributed by atoms with Gasteiger partial charge in [0.05, 0.1) is 12.1 Å². The molecule has 0 saturated heterocycles. The minimum Gasteiger partial charge on any atom is -0.395 e. The zero-order valence-corrected chi connectivity index (χ0v) is 9.60. The van der Waals surface area contributed by atoms with Crippen LogP contribution in [0.5, 0.6) is 0 Å². The first-order valence-electron chi connectivity index (χ1n) is 5.47. The lowest BCUT2D eigenvalue weighted by Crippen LogP contribution is -2.26. The third kappa shape index (κ3) is 2.60. The third-order valence-electron chi connectivity index (χ3n) is 2.49. The molecule has 1 aromatic carbocycles. The summed E-state index contributed by atoms with van der Waals surface area (Å²) in [4.78, 5) is 16.0. The highest BCUT2D eigenvalue weighted by Crippen LogP contribution is 2.14. The van der Waals surface area contributed by atoms with Crippen LogP contribution in [0, 0.1) is 6.92 Å². The SMILES string of the molecule is Cc1ccc2cc(C(=O)NCCO)ccc2n1. The molecule has 0 aliphatic rings. The molecule has 0 aliphatic carbocycles. The number of aliphatic hydroxyl groups is 1. The number of amides is 1. The van der Waals surface area contributed by atoms with Crippen LogP contribution in [0.15, 0.2) is 30.3 Å². The molecule has 0 radical (unpaired) electrons. The zero-order chi connectivity index (χ0) is 12.3. The van der Waals surface area contributed by atoms with Gasteiger partial charge in [0, 0.05) is 23.2 Å². The van der Waals surface area contributed by atoms with E-state index in [4.69, 9.17) is 5.11 Å². The summed E-state index contributed by atoms with van der Waals surface area (Å²) in [6.45, 7) is 2.14. The van der Waals surface area contributed by atoms with E-state index in [1.165, 1.54) is 0 Å². The van der Waals surface area contributed by atoms with Crippen LogP contribution < -0.4 is 5.32 Å². The minimum atomic E-state index is -0.179. The summed E-state index contributed by atoms with van der Waals surface area (Å²) in [5.41, 5.74) is 2.41. The molecule has 2 aromatic rings. The zero-order valence-electron chi connectivity index (χ0n) is 9.60. The molecule has 0 spiro atoms. The number of carbonyl (C=O) groups excluding carboxylic acids is 1. The van der Waals surface area contributed by atoms with E-state index in [0.717, 1.165) is 16.6 Å². The van der Waals surface area contributed by atoms with Crippen molar-refractivity contribution in [2.45, 2.75) is 6.92 Å². The van der Waals surface area contributed by atoms with Gasteiger partial charge in [-0.15, -0.1) is 0 Å². The molecule has 0 unspecified atom stereocenters. The van der Waals surface area contributed by atoms with Gasteiger partial charge in [-0.3, -0.25) is 9.78 Å². The Morgan fingerprint density at radius 2 is 2.18 bits per heavy atom. The summed E-state index contributed by atoms with van der Waals surface area (Å²) in [7, 11) is 0. The Morgan fingerprint density at radius 3 is 2.94 bits per heavy atom. The predicted octanol–water partition coefficient (Wildman–Crippen LogP) is 1.27. The average Bonchev–Trinajstić information content (AvgIpc) is 2.35. The summed E-state index contributed by atoms with van der Waals surface area (Å²) < 4.78 is 0. The van der Waals surface area contributed by atoms with Gasteiger partial charge in [0.1, 0.15) is 0 Å². The second kappa shape index (κ2) is 4.93. The van der Waals surface area contributed by atoms with E-state index in [1.807, 2.05) is 25.1 Å². The van der Waals surface area contributed by atoms with Crippen LogP contribution in [0.25, 0.3) is 10.9 Å². The third-order valence-corrected chi connectivity index (χ3v) is 2.49. The summed E-state index contributed by atoms with van der Waals surface area (Å²) in [5, 5.41) is 12.2. The van der Waals surface area contributed by atoms with E-state index < -0.39 is 0 Å². The van der Waals surface area contributed by atoms with Gasteiger partial charge in [0.25, 0.3) is 5.91 Å². The second-order valence-electron chi connectivity index (χ2n) is 3.84. The van der Waals surface area contributed by atoms with Crippen molar-refractivity contribution in [3.8, 4) is 0 Å². The number of aliphatic hydroxyl groups excluding tert-OH is 1. The molecular weight excluding hydrogens is 216 g/mol. The number of carbonyl (C=O) groups is 1. The summed E-state index contributed by atoms with van der Waals surface area (Å²) in [6, 6.07) is 9.23. The van der Waals surface area contributed by atoms with E-state index in [1.54, 1.807) is 12.1 Å². The van der Waals surface area contributed by atoms with Gasteiger partial charge >= 0.3 is 0 Å². The number of pyridine rings is 1. The number of fused-ring (bicyclic) bond motifs is 1. The first kappa shape index (κ1) is 11.5. The molecule has 1 heterocycles. The second-order valence-corrected chi connectivity index (χ2v) is 3.84. The number of rotatable bonds is 3. The maximum absolute atomic E-state index is 11.7. The number of benzene rings is 1. The van der Waals surface area contributed by atoms with Crippen molar-refractivity contribution in [3.63, 3.8) is 0 Å². The molecule has 2 N–H and O–H groups in total. The van der Waals surface area contributed by atoms with Crippen LogP contribution in [0.2, 0.25) is 0 Å². The van der Waals surface area contributed by atoms with E-state index in [-0.39, 0.29) is 19.1 Å². The molecule has 0 aliphatic heterocycles. The molecule has 88 valence electrons. The lowest BCUT2D eigenvalue weighted by atomic mass is 10.1. The highest BCUT2D eigenvalue weighted by Gasteiger charge is 2.05. The van der Waals surface area contributed by atoms with Crippen LogP contribution in [0.3, 0.4) is 0 Å². The van der Waals surface area contributed by atoms with Crippen molar-refractivity contribution >= 4 is 16.8 Å². The molecule has 17 heavy (non-hydrogen) atoms. The molecule has 0 saturated carbocycles. The molecule has 1 amide bonds. The monoisotopic (exact) mass is 230 g/mol. The maximum Gasteiger partial charge on any atom is 0.251 e. The van der Waals surface area contributed by atoms with Gasteiger partial charge in [-0.25, -0.2) is 0 Å². The number of aryl methyl sites for hydroxylation is 1. The topological polar surface area (TPSA) is 62.2 Å². The van der Waals surface area contributed by atoms with Gasteiger partial charge in [-0.1, -0.05) is 6.07 Å². The summed E-state index contributed by atoms with van der Waals surface area (Å²) in [6.07, 6.45) is 0. The Morgan fingerprint density at radius 1 is 1.35 bits per heavy atom. The van der Waals surface area contributed by atoms with Gasteiger partial charge < -0.3 is 10.4 Å². The van der Waals surface area contributed by atoms with Gasteiger partial charge in [0.2, 0.25) is 0 Å². The molecular formula is C13H14N2O2. The fraction of sp³-hybridized carbons (Fsp3) is 0.231. The first-order chi connectivity index (χ1) is 8.20. The highest BCUT2D eigenvalue weighted by molar-refractivity contribution is 5.97. The summed E-state index contributed by atoms with van der Waals surface area (Å²) in [5.74, 6) is -0.179. The largest absolute Gasteiger partial charge is 0.395 e. The van der Waals surface area contributed by atoms with E-state index in [9.17, 15) is 4.79 Å². The Balaban J connectivity index is 2.31. The number of hydrogen-bond donors (Lipinski definition) is 2. The number of hydrogen-bond acceptors (Lipinski definition) is 3. The smallest absolute Gasteiger partial charge is 0.251 e. The van der Waals surface area contributed by atoms with Crippen LogP contribution in [-0.2, 0) is 0 Å². The predicted molar refractivity (Wildman–Crippen MR) is 65.9 cm³/mol. The Bertz CT molecular complexity index is 552. The van der Waals surface area contributed by atoms with Gasteiger partial charge in [0.15, 0.2) is 0 Å². The van der Waals surface area contributed by atoms with Gasteiger partial charge in [-0.05, 0) is 31.2 Å². The number of nitrogens with zero attached hydrogens (tertiary/aromatic N) is 1. The van der Waals surface area contributed by atoms with Crippen molar-refractivity contribution in [3.05, 3.63) is 41.6 Å².